The average Bonchev–Trinajstić information content (AvgIpc) is 2.23. The number of aromatic nitrogens is 1. The quantitative estimate of drug-likeness (QED) is 0.695. The van der Waals surface area contributed by atoms with E-state index >= 15 is 0 Å². The van der Waals surface area contributed by atoms with Crippen LogP contribution >= 0.6 is 0 Å². The van der Waals surface area contributed by atoms with Gasteiger partial charge in [-0.15, -0.1) is 0 Å². The lowest BCUT2D eigenvalue weighted by molar-refractivity contribution is 0.730. The minimum atomic E-state index is 0.121. The molecule has 2 nitrogen and oxygen atoms in total. The molecule has 0 N–H and O–H groups in total. The molecule has 0 saturated heterocycles. The monoisotopic (exact) mass is 201 g/mol. The predicted molar refractivity (Wildman–Crippen MR) is 63.4 cm³/mol. The lowest BCUT2D eigenvalue weighted by Gasteiger charge is -2.09. The number of pyridine rings is 1. The van der Waals surface area contributed by atoms with E-state index < -0.39 is 0 Å². The van der Waals surface area contributed by atoms with Gasteiger partial charge < -0.3 is 4.57 Å². The molecule has 2 heteroatoms. The van der Waals surface area contributed by atoms with Crippen LogP contribution in [-0.2, 0) is 6.54 Å². The maximum Gasteiger partial charge on any atom is 0.258 e. The van der Waals surface area contributed by atoms with Crippen LogP contribution < -0.4 is 5.56 Å². The molecule has 2 rings (SSSR count). The van der Waals surface area contributed by atoms with Gasteiger partial charge in [-0.2, -0.15) is 0 Å². The third kappa shape index (κ3) is 1.46. The third-order valence-electron chi connectivity index (χ3n) is 2.86. The fraction of sp³-hybridized carbons (Fsp3) is 0.308. The first-order chi connectivity index (χ1) is 7.15. The van der Waals surface area contributed by atoms with E-state index in [0.717, 1.165) is 28.4 Å². The van der Waals surface area contributed by atoms with E-state index in [1.807, 2.05) is 45.2 Å². The molecule has 0 fully saturated rings. The zero-order chi connectivity index (χ0) is 11.0. The Balaban J connectivity index is 3.02. The Morgan fingerprint density at radius 2 is 1.93 bits per heavy atom. The summed E-state index contributed by atoms with van der Waals surface area (Å²) in [7, 11) is 0. The zero-order valence-corrected chi connectivity index (χ0v) is 9.37. The van der Waals surface area contributed by atoms with E-state index in [0.29, 0.717) is 0 Å². The molecule has 0 bridgehead atoms. The molecule has 1 heterocycles. The first-order valence-corrected chi connectivity index (χ1v) is 5.24. The van der Waals surface area contributed by atoms with Crippen LogP contribution in [-0.4, -0.2) is 4.57 Å². The summed E-state index contributed by atoms with van der Waals surface area (Å²) < 4.78 is 1.77. The van der Waals surface area contributed by atoms with Crippen molar-refractivity contribution in [1.82, 2.24) is 4.57 Å². The Bertz CT molecular complexity index is 566. The van der Waals surface area contributed by atoms with Gasteiger partial charge in [0.2, 0.25) is 0 Å². The van der Waals surface area contributed by atoms with Crippen LogP contribution in [0, 0.1) is 13.8 Å². The van der Waals surface area contributed by atoms with E-state index in [4.69, 9.17) is 0 Å². The van der Waals surface area contributed by atoms with Crippen LogP contribution in [0.2, 0.25) is 0 Å². The van der Waals surface area contributed by atoms with Crippen LogP contribution in [0.25, 0.3) is 10.8 Å². The Labute approximate surface area is 89.2 Å². The summed E-state index contributed by atoms with van der Waals surface area (Å²) in [5, 5.41) is 1.93. The van der Waals surface area contributed by atoms with Gasteiger partial charge in [-0.1, -0.05) is 18.2 Å². The molecular formula is C13H15NO. The van der Waals surface area contributed by atoms with Crippen LogP contribution in [0.3, 0.4) is 0 Å². The van der Waals surface area contributed by atoms with Gasteiger partial charge in [-0.05, 0) is 37.3 Å². The van der Waals surface area contributed by atoms with Crippen molar-refractivity contribution in [2.75, 3.05) is 0 Å². The lowest BCUT2D eigenvalue weighted by atomic mass is 10.0. The largest absolute Gasteiger partial charge is 0.315 e. The number of rotatable bonds is 1. The van der Waals surface area contributed by atoms with Gasteiger partial charge in [0.15, 0.2) is 0 Å². The molecule has 1 aromatic carbocycles. The Hall–Kier alpha value is -1.57. The molecule has 0 aliphatic heterocycles. The van der Waals surface area contributed by atoms with Crippen molar-refractivity contribution in [3.63, 3.8) is 0 Å². The summed E-state index contributed by atoms with van der Waals surface area (Å²) in [5.74, 6) is 0. The van der Waals surface area contributed by atoms with Crippen molar-refractivity contribution in [3.8, 4) is 0 Å². The molecule has 0 unspecified atom stereocenters. The number of hydrogen-bond acceptors (Lipinski definition) is 1. The third-order valence-corrected chi connectivity index (χ3v) is 2.86. The highest BCUT2D eigenvalue weighted by Gasteiger charge is 2.06. The average molecular weight is 201 g/mol. The predicted octanol–water partition coefficient (Wildman–Crippen LogP) is 2.64. The molecule has 2 aromatic rings. The Kier molecular flexibility index (Phi) is 2.35. The number of hydrogen-bond donors (Lipinski definition) is 0. The number of fused-ring (bicyclic) bond motifs is 1. The molecule has 78 valence electrons. The van der Waals surface area contributed by atoms with Crippen molar-refractivity contribution in [3.05, 3.63) is 45.9 Å². The molecule has 0 amide bonds. The van der Waals surface area contributed by atoms with Crippen molar-refractivity contribution in [2.24, 2.45) is 0 Å². The first kappa shape index (κ1) is 9.97. The topological polar surface area (TPSA) is 22.0 Å². The van der Waals surface area contributed by atoms with Gasteiger partial charge in [0.05, 0.1) is 5.39 Å². The van der Waals surface area contributed by atoms with E-state index in [1.54, 1.807) is 4.57 Å². The van der Waals surface area contributed by atoms with Crippen LogP contribution in [0.1, 0.15) is 18.1 Å². The van der Waals surface area contributed by atoms with Crippen LogP contribution in [0.4, 0.5) is 0 Å². The second-order valence-corrected chi connectivity index (χ2v) is 3.90. The standard InChI is InChI=1S/C13H15NO/c1-4-14-8-10(3)11-7-5-6-9(2)12(11)13(14)15/h5-8H,4H2,1-3H3. The fourth-order valence-electron chi connectivity index (χ4n) is 2.02. The molecule has 0 radical (unpaired) electrons. The second kappa shape index (κ2) is 3.54. The van der Waals surface area contributed by atoms with Gasteiger partial charge in [-0.3, -0.25) is 4.79 Å². The first-order valence-electron chi connectivity index (χ1n) is 5.24. The molecule has 0 aliphatic carbocycles. The number of aryl methyl sites for hydroxylation is 3. The van der Waals surface area contributed by atoms with Gasteiger partial charge in [0.25, 0.3) is 5.56 Å². The van der Waals surface area contributed by atoms with Gasteiger partial charge in [-0.25, -0.2) is 0 Å². The lowest BCUT2D eigenvalue weighted by Crippen LogP contribution is -2.20. The molecule has 1 aromatic heterocycles. The second-order valence-electron chi connectivity index (χ2n) is 3.90. The highest BCUT2D eigenvalue weighted by atomic mass is 16.1. The van der Waals surface area contributed by atoms with Crippen molar-refractivity contribution in [1.29, 1.82) is 0 Å². The Morgan fingerprint density at radius 1 is 1.20 bits per heavy atom. The summed E-state index contributed by atoms with van der Waals surface area (Å²) in [6.45, 7) is 6.76. The molecule has 0 atom stereocenters. The van der Waals surface area contributed by atoms with Gasteiger partial charge in [0, 0.05) is 12.7 Å². The summed E-state index contributed by atoms with van der Waals surface area (Å²) in [6, 6.07) is 6.00. The summed E-state index contributed by atoms with van der Waals surface area (Å²) >= 11 is 0. The normalized spacial score (nSPS) is 10.9. The highest BCUT2D eigenvalue weighted by Crippen LogP contribution is 2.17. The fourth-order valence-corrected chi connectivity index (χ4v) is 2.02. The molecule has 0 aliphatic rings. The van der Waals surface area contributed by atoms with E-state index in [9.17, 15) is 4.79 Å². The van der Waals surface area contributed by atoms with E-state index in [2.05, 4.69) is 0 Å². The minimum Gasteiger partial charge on any atom is -0.315 e. The van der Waals surface area contributed by atoms with E-state index in [-0.39, 0.29) is 5.56 Å². The minimum absolute atomic E-state index is 0.121. The van der Waals surface area contributed by atoms with Gasteiger partial charge >= 0.3 is 0 Å². The van der Waals surface area contributed by atoms with Crippen LogP contribution in [0.15, 0.2) is 29.2 Å². The van der Waals surface area contributed by atoms with Gasteiger partial charge in [0.1, 0.15) is 0 Å². The maximum absolute atomic E-state index is 12.1. The van der Waals surface area contributed by atoms with E-state index in [1.165, 1.54) is 0 Å². The van der Waals surface area contributed by atoms with Crippen molar-refractivity contribution >= 4 is 10.8 Å². The number of nitrogens with zero attached hydrogens (tertiary/aromatic N) is 1. The SMILES string of the molecule is CCn1cc(C)c2cccc(C)c2c1=O. The highest BCUT2D eigenvalue weighted by molar-refractivity contribution is 5.87. The summed E-state index contributed by atoms with van der Waals surface area (Å²) in [6.07, 6.45) is 1.93. The number of benzene rings is 1. The van der Waals surface area contributed by atoms with Crippen molar-refractivity contribution < 1.29 is 0 Å². The molecule has 0 spiro atoms. The smallest absolute Gasteiger partial charge is 0.258 e. The maximum atomic E-state index is 12.1. The molecule has 15 heavy (non-hydrogen) atoms. The van der Waals surface area contributed by atoms with Crippen LogP contribution in [0.5, 0.6) is 0 Å². The van der Waals surface area contributed by atoms with Crippen molar-refractivity contribution in [2.45, 2.75) is 27.3 Å². The molecular weight excluding hydrogens is 186 g/mol. The molecule has 0 saturated carbocycles. The Morgan fingerprint density at radius 3 is 2.60 bits per heavy atom. The summed E-state index contributed by atoms with van der Waals surface area (Å²) in [4.78, 5) is 12.1. The zero-order valence-electron chi connectivity index (χ0n) is 9.37. The summed E-state index contributed by atoms with van der Waals surface area (Å²) in [5.41, 5.74) is 2.34.